The van der Waals surface area contributed by atoms with E-state index in [1.54, 1.807) is 0 Å². The van der Waals surface area contributed by atoms with Gasteiger partial charge in [0.25, 0.3) is 0 Å². The summed E-state index contributed by atoms with van der Waals surface area (Å²) in [6.45, 7) is 8.63. The molecule has 1 saturated heterocycles. The number of hydrogen-bond acceptors (Lipinski definition) is 3. The van der Waals surface area contributed by atoms with Gasteiger partial charge in [-0.3, -0.25) is 0 Å². The number of rotatable bonds is 6. The maximum absolute atomic E-state index is 11.0. The van der Waals surface area contributed by atoms with Crippen LogP contribution in [0.1, 0.15) is 53.4 Å². The zero-order chi connectivity index (χ0) is 17.2. The number of fused-ring (bicyclic) bond motifs is 1. The Balaban J connectivity index is 2.35. The van der Waals surface area contributed by atoms with E-state index in [0.29, 0.717) is 42.9 Å². The molecule has 0 bridgehead atoms. The zero-order valence-electron chi connectivity index (χ0n) is 15.0. The molecular weight excluding hydrogens is 288 g/mol. The van der Waals surface area contributed by atoms with Gasteiger partial charge in [-0.25, -0.2) is 0 Å². The topological polar surface area (TPSA) is 49.7 Å². The molecule has 23 heavy (non-hydrogen) atoms. The van der Waals surface area contributed by atoms with Gasteiger partial charge >= 0.3 is 0 Å². The van der Waals surface area contributed by atoms with E-state index in [1.165, 1.54) is 5.57 Å². The van der Waals surface area contributed by atoms with Crippen molar-refractivity contribution in [3.8, 4) is 12.3 Å². The fraction of sp³-hybridized carbons (Fsp3) is 0.800. The molecule has 0 aromatic heterocycles. The summed E-state index contributed by atoms with van der Waals surface area (Å²) in [4.78, 5) is 0. The van der Waals surface area contributed by atoms with Crippen molar-refractivity contribution in [2.24, 2.45) is 23.7 Å². The van der Waals surface area contributed by atoms with Gasteiger partial charge < -0.3 is 14.9 Å². The Bertz CT molecular complexity index is 472. The molecular formula is C20H32O3. The molecule has 2 rings (SSSR count). The standard InChI is InChI=1S/C20H32O3/c1-6-8-16-17-14(4)9-10-15(13(2)3)18(17)19(23-16)20(5,22)11-7-12-21/h1,9,13,15-19,21-22H,7-8,10-12H2,2-5H3/t15-,16-,17-,18-,19-,20-/m1/s1. The minimum atomic E-state index is -0.931. The highest BCUT2D eigenvalue weighted by Gasteiger charge is 2.55. The number of hydrogen-bond donors (Lipinski definition) is 2. The van der Waals surface area contributed by atoms with Crippen molar-refractivity contribution in [1.29, 1.82) is 0 Å². The van der Waals surface area contributed by atoms with Crippen LogP contribution in [0.2, 0.25) is 0 Å². The van der Waals surface area contributed by atoms with Crippen molar-refractivity contribution in [3.05, 3.63) is 11.6 Å². The smallest absolute Gasteiger partial charge is 0.0901 e. The molecule has 0 unspecified atom stereocenters. The first kappa shape index (κ1) is 18.5. The van der Waals surface area contributed by atoms with Crippen molar-refractivity contribution < 1.29 is 14.9 Å². The molecule has 3 heteroatoms. The Hall–Kier alpha value is -0.820. The van der Waals surface area contributed by atoms with Gasteiger partial charge in [-0.2, -0.15) is 0 Å². The molecule has 0 spiro atoms. The van der Waals surface area contributed by atoms with Crippen LogP contribution in [0.4, 0.5) is 0 Å². The SMILES string of the molecule is C#CC[C@H]1O[C@@H]([C@](C)(O)CCCO)[C@H]2[C@@H]1C(C)=CC[C@@H]2C(C)C. The largest absolute Gasteiger partial charge is 0.396 e. The second-order valence-corrected chi connectivity index (χ2v) is 7.88. The Morgan fingerprint density at radius 2 is 2.17 bits per heavy atom. The van der Waals surface area contributed by atoms with Gasteiger partial charge in [0, 0.05) is 24.9 Å². The number of aliphatic hydroxyl groups is 2. The van der Waals surface area contributed by atoms with Crippen molar-refractivity contribution in [1.82, 2.24) is 0 Å². The summed E-state index contributed by atoms with van der Waals surface area (Å²) in [7, 11) is 0. The highest BCUT2D eigenvalue weighted by Crippen LogP contribution is 2.52. The van der Waals surface area contributed by atoms with Crippen LogP contribution in [0.3, 0.4) is 0 Å². The third kappa shape index (κ3) is 3.65. The van der Waals surface area contributed by atoms with Crippen LogP contribution in [0.25, 0.3) is 0 Å². The van der Waals surface area contributed by atoms with Crippen LogP contribution in [0.5, 0.6) is 0 Å². The lowest BCUT2D eigenvalue weighted by Gasteiger charge is -2.42. The molecule has 0 saturated carbocycles. The summed E-state index contributed by atoms with van der Waals surface area (Å²) in [6.07, 6.45) is 10.4. The van der Waals surface area contributed by atoms with Gasteiger partial charge in [-0.15, -0.1) is 12.3 Å². The highest BCUT2D eigenvalue weighted by atomic mass is 16.5. The van der Waals surface area contributed by atoms with E-state index in [-0.39, 0.29) is 18.8 Å². The summed E-state index contributed by atoms with van der Waals surface area (Å²) in [5, 5.41) is 20.2. The first-order chi connectivity index (χ1) is 10.8. The van der Waals surface area contributed by atoms with Crippen molar-refractivity contribution in [2.45, 2.75) is 71.2 Å². The molecule has 0 radical (unpaired) electrons. The first-order valence-corrected chi connectivity index (χ1v) is 8.92. The Morgan fingerprint density at radius 1 is 1.48 bits per heavy atom. The van der Waals surface area contributed by atoms with E-state index in [0.717, 1.165) is 6.42 Å². The van der Waals surface area contributed by atoms with Gasteiger partial charge in [0.15, 0.2) is 0 Å². The highest BCUT2D eigenvalue weighted by molar-refractivity contribution is 5.20. The van der Waals surface area contributed by atoms with E-state index in [4.69, 9.17) is 16.3 Å². The number of allylic oxidation sites excluding steroid dienone is 1. The Labute approximate surface area is 141 Å². The number of ether oxygens (including phenoxy) is 1. The third-order valence-corrected chi connectivity index (χ3v) is 5.85. The van der Waals surface area contributed by atoms with E-state index < -0.39 is 5.60 Å². The third-order valence-electron chi connectivity index (χ3n) is 5.85. The normalized spacial score (nSPS) is 36.3. The molecule has 2 aliphatic rings. The van der Waals surface area contributed by atoms with Crippen LogP contribution in [0, 0.1) is 36.0 Å². The van der Waals surface area contributed by atoms with Crippen LogP contribution < -0.4 is 0 Å². The number of aliphatic hydroxyl groups excluding tert-OH is 1. The molecule has 0 aromatic rings. The summed E-state index contributed by atoms with van der Waals surface area (Å²) in [6, 6.07) is 0. The lowest BCUT2D eigenvalue weighted by molar-refractivity contribution is -0.118. The molecule has 1 aliphatic carbocycles. The predicted molar refractivity (Wildman–Crippen MR) is 92.7 cm³/mol. The average molecular weight is 320 g/mol. The van der Waals surface area contributed by atoms with Crippen LogP contribution in [-0.2, 0) is 4.74 Å². The molecule has 2 N–H and O–H groups in total. The van der Waals surface area contributed by atoms with Crippen molar-refractivity contribution in [2.75, 3.05) is 6.61 Å². The minimum Gasteiger partial charge on any atom is -0.396 e. The maximum Gasteiger partial charge on any atom is 0.0901 e. The number of terminal acetylenes is 1. The molecule has 130 valence electrons. The monoisotopic (exact) mass is 320 g/mol. The quantitative estimate of drug-likeness (QED) is 0.584. The zero-order valence-corrected chi connectivity index (χ0v) is 15.0. The fourth-order valence-electron chi connectivity index (χ4n) is 4.65. The Morgan fingerprint density at radius 3 is 2.74 bits per heavy atom. The van der Waals surface area contributed by atoms with E-state index in [1.807, 2.05) is 6.92 Å². The Kier molecular flexibility index (Phi) is 5.94. The van der Waals surface area contributed by atoms with Crippen LogP contribution in [0.15, 0.2) is 11.6 Å². The average Bonchev–Trinajstić information content (AvgIpc) is 2.87. The van der Waals surface area contributed by atoms with E-state index in [2.05, 4.69) is 32.8 Å². The molecule has 1 aliphatic heterocycles. The van der Waals surface area contributed by atoms with Gasteiger partial charge in [0.05, 0.1) is 17.8 Å². The fourth-order valence-corrected chi connectivity index (χ4v) is 4.65. The van der Waals surface area contributed by atoms with Gasteiger partial charge in [-0.1, -0.05) is 25.5 Å². The summed E-state index contributed by atoms with van der Waals surface area (Å²) < 4.78 is 6.35. The van der Waals surface area contributed by atoms with Crippen molar-refractivity contribution in [3.63, 3.8) is 0 Å². The molecule has 0 aromatic carbocycles. The van der Waals surface area contributed by atoms with Crippen molar-refractivity contribution >= 4 is 0 Å². The maximum atomic E-state index is 11.0. The molecule has 0 amide bonds. The molecule has 1 fully saturated rings. The van der Waals surface area contributed by atoms with Crippen LogP contribution in [-0.4, -0.2) is 34.6 Å². The summed E-state index contributed by atoms with van der Waals surface area (Å²) >= 11 is 0. The molecule has 3 nitrogen and oxygen atoms in total. The van der Waals surface area contributed by atoms with E-state index >= 15 is 0 Å². The minimum absolute atomic E-state index is 0.00611. The first-order valence-electron chi connectivity index (χ1n) is 8.92. The second-order valence-electron chi connectivity index (χ2n) is 7.88. The second kappa shape index (κ2) is 7.38. The summed E-state index contributed by atoms with van der Waals surface area (Å²) in [5.41, 5.74) is 0.423. The van der Waals surface area contributed by atoms with Crippen LogP contribution >= 0.6 is 0 Å². The van der Waals surface area contributed by atoms with E-state index in [9.17, 15) is 5.11 Å². The summed E-state index contributed by atoms with van der Waals surface area (Å²) in [5.74, 6) is 4.39. The van der Waals surface area contributed by atoms with Gasteiger partial charge in [-0.05, 0) is 44.9 Å². The molecule has 6 atom stereocenters. The van der Waals surface area contributed by atoms with Gasteiger partial charge in [0.1, 0.15) is 0 Å². The predicted octanol–water partition coefficient (Wildman–Crippen LogP) is 3.16. The van der Waals surface area contributed by atoms with Gasteiger partial charge in [0.2, 0.25) is 0 Å². The lowest BCUT2D eigenvalue weighted by Crippen LogP contribution is -2.47. The lowest BCUT2D eigenvalue weighted by atomic mass is 9.63. The molecule has 1 heterocycles.